The van der Waals surface area contributed by atoms with Crippen LogP contribution in [0.3, 0.4) is 0 Å². The van der Waals surface area contributed by atoms with Crippen LogP contribution in [0.1, 0.15) is 11.7 Å². The molecule has 60 valence electrons. The van der Waals surface area contributed by atoms with Crippen LogP contribution in [-0.4, -0.2) is 26.6 Å². The molecule has 3 rings (SSSR count). The van der Waals surface area contributed by atoms with Gasteiger partial charge in [0.05, 0.1) is 6.61 Å². The summed E-state index contributed by atoms with van der Waals surface area (Å²) in [5.41, 5.74) is 1.90. The van der Waals surface area contributed by atoms with E-state index in [1.54, 1.807) is 4.52 Å². The summed E-state index contributed by atoms with van der Waals surface area (Å²) in [7, 11) is 0. The van der Waals surface area contributed by atoms with E-state index in [0.717, 1.165) is 17.8 Å². The summed E-state index contributed by atoms with van der Waals surface area (Å²) in [6, 6.07) is 3.88. The normalized spacial score (nSPS) is 21.5. The second-order valence-corrected chi connectivity index (χ2v) is 2.77. The lowest BCUT2D eigenvalue weighted by Gasteiger charge is -1.93. The van der Waals surface area contributed by atoms with Gasteiger partial charge in [0.2, 0.25) is 0 Å². The van der Waals surface area contributed by atoms with Crippen molar-refractivity contribution in [3.63, 3.8) is 0 Å². The molecule has 5 nitrogen and oxygen atoms in total. The fraction of sp³-hybridized carbons (Fsp3) is 0.286. The van der Waals surface area contributed by atoms with Gasteiger partial charge in [0.25, 0.3) is 0 Å². The maximum absolute atomic E-state index is 5.14. The largest absolute Gasteiger partial charge is 0.368 e. The lowest BCUT2D eigenvalue weighted by molar-refractivity contribution is 0.415. The molecule has 0 N–H and O–H groups in total. The molecule has 0 amide bonds. The Hall–Kier alpha value is -1.49. The van der Waals surface area contributed by atoms with Gasteiger partial charge in [-0.2, -0.15) is 0 Å². The van der Waals surface area contributed by atoms with Crippen LogP contribution in [0.2, 0.25) is 0 Å². The van der Waals surface area contributed by atoms with Gasteiger partial charge in [-0.25, -0.2) is 4.52 Å². The van der Waals surface area contributed by atoms with E-state index in [1.165, 1.54) is 0 Å². The maximum atomic E-state index is 5.14. The van der Waals surface area contributed by atoms with Crippen LogP contribution >= 0.6 is 0 Å². The molecule has 1 saturated heterocycles. The highest BCUT2D eigenvalue weighted by atomic mass is 16.6. The lowest BCUT2D eigenvalue weighted by atomic mass is 10.2. The minimum absolute atomic E-state index is 0.263. The van der Waals surface area contributed by atoms with Crippen molar-refractivity contribution in [2.45, 2.75) is 6.10 Å². The highest BCUT2D eigenvalue weighted by Crippen LogP contribution is 2.29. The van der Waals surface area contributed by atoms with Crippen molar-refractivity contribution in [1.29, 1.82) is 0 Å². The molecule has 0 saturated carbocycles. The van der Waals surface area contributed by atoms with E-state index in [9.17, 15) is 0 Å². The van der Waals surface area contributed by atoms with Gasteiger partial charge in [0, 0.05) is 11.8 Å². The fourth-order valence-electron chi connectivity index (χ4n) is 1.19. The van der Waals surface area contributed by atoms with Gasteiger partial charge in [-0.3, -0.25) is 0 Å². The monoisotopic (exact) mass is 162 g/mol. The van der Waals surface area contributed by atoms with Crippen LogP contribution in [0.25, 0.3) is 5.65 Å². The number of nitrogens with zero attached hydrogens (tertiary/aromatic N) is 4. The zero-order valence-electron chi connectivity index (χ0n) is 6.21. The van der Waals surface area contributed by atoms with Gasteiger partial charge in [-0.1, -0.05) is 6.07 Å². The van der Waals surface area contributed by atoms with E-state index in [0.29, 0.717) is 0 Å². The molecule has 2 aromatic rings. The van der Waals surface area contributed by atoms with Gasteiger partial charge in [0.15, 0.2) is 5.65 Å². The number of epoxide rings is 1. The zero-order valence-corrected chi connectivity index (χ0v) is 6.21. The molecule has 2 aromatic heterocycles. The number of fused-ring (bicyclic) bond motifs is 1. The molecular weight excluding hydrogens is 156 g/mol. The highest BCUT2D eigenvalue weighted by Gasteiger charge is 2.25. The average Bonchev–Trinajstić information content (AvgIpc) is 2.84. The van der Waals surface area contributed by atoms with Crippen molar-refractivity contribution >= 4 is 5.65 Å². The summed E-state index contributed by atoms with van der Waals surface area (Å²) in [4.78, 5) is 0. The first-order chi connectivity index (χ1) is 5.93. The molecule has 12 heavy (non-hydrogen) atoms. The quantitative estimate of drug-likeness (QED) is 0.562. The van der Waals surface area contributed by atoms with Gasteiger partial charge in [0.1, 0.15) is 6.10 Å². The molecule has 0 unspecified atom stereocenters. The first-order valence-electron chi connectivity index (χ1n) is 3.73. The minimum Gasteiger partial charge on any atom is -0.368 e. The number of hydrogen-bond acceptors (Lipinski definition) is 4. The van der Waals surface area contributed by atoms with Crippen LogP contribution < -0.4 is 0 Å². The van der Waals surface area contributed by atoms with E-state index in [4.69, 9.17) is 4.74 Å². The summed E-state index contributed by atoms with van der Waals surface area (Å²) in [5.74, 6) is 0. The molecular formula is C7H6N4O. The molecule has 1 aliphatic heterocycles. The molecule has 5 heteroatoms. The topological polar surface area (TPSA) is 55.6 Å². The van der Waals surface area contributed by atoms with Gasteiger partial charge < -0.3 is 4.74 Å². The second-order valence-electron chi connectivity index (χ2n) is 2.77. The summed E-state index contributed by atoms with van der Waals surface area (Å²) in [5, 5.41) is 11.1. The molecule has 1 atom stereocenters. The Balaban J connectivity index is 2.21. The smallest absolute Gasteiger partial charge is 0.179 e. The van der Waals surface area contributed by atoms with Crippen molar-refractivity contribution in [1.82, 2.24) is 20.0 Å². The van der Waals surface area contributed by atoms with E-state index >= 15 is 0 Å². The van der Waals surface area contributed by atoms with Gasteiger partial charge in [-0.15, -0.1) is 5.10 Å². The van der Waals surface area contributed by atoms with Crippen LogP contribution in [0, 0.1) is 0 Å². The predicted molar refractivity (Wildman–Crippen MR) is 39.5 cm³/mol. The molecule has 0 aliphatic carbocycles. The van der Waals surface area contributed by atoms with Crippen LogP contribution in [-0.2, 0) is 4.74 Å². The number of pyridine rings is 1. The van der Waals surface area contributed by atoms with Crippen molar-refractivity contribution in [2.24, 2.45) is 0 Å². The Labute approximate surface area is 68.0 Å². The molecule has 1 aliphatic rings. The molecule has 0 spiro atoms. The number of aromatic nitrogens is 4. The van der Waals surface area contributed by atoms with E-state index in [2.05, 4.69) is 15.5 Å². The summed E-state index contributed by atoms with van der Waals surface area (Å²) < 4.78 is 6.79. The number of rotatable bonds is 1. The number of hydrogen-bond donors (Lipinski definition) is 0. The third kappa shape index (κ3) is 0.799. The van der Waals surface area contributed by atoms with Crippen molar-refractivity contribution in [3.05, 3.63) is 23.9 Å². The Kier molecular flexibility index (Phi) is 1.02. The lowest BCUT2D eigenvalue weighted by Crippen LogP contribution is -1.90. The molecule has 0 radical (unpaired) electrons. The van der Waals surface area contributed by atoms with E-state index in [1.807, 2.05) is 18.3 Å². The Morgan fingerprint density at radius 1 is 1.50 bits per heavy atom. The van der Waals surface area contributed by atoms with E-state index < -0.39 is 0 Å². The number of ether oxygens (including phenoxy) is 1. The maximum Gasteiger partial charge on any atom is 0.179 e. The van der Waals surface area contributed by atoms with Crippen molar-refractivity contribution in [2.75, 3.05) is 6.61 Å². The Morgan fingerprint density at radius 2 is 2.42 bits per heavy atom. The minimum atomic E-state index is 0.263. The molecule has 1 fully saturated rings. The third-order valence-electron chi connectivity index (χ3n) is 1.92. The highest BCUT2D eigenvalue weighted by molar-refractivity contribution is 5.37. The fourth-order valence-corrected chi connectivity index (χ4v) is 1.19. The van der Waals surface area contributed by atoms with Crippen LogP contribution in [0.4, 0.5) is 0 Å². The molecule has 0 bridgehead atoms. The van der Waals surface area contributed by atoms with Crippen molar-refractivity contribution in [3.8, 4) is 0 Å². The summed E-state index contributed by atoms with van der Waals surface area (Å²) in [6.07, 6.45) is 2.16. The second kappa shape index (κ2) is 2.01. The first-order valence-corrected chi connectivity index (χ1v) is 3.73. The standard InChI is InChI=1S/C7H6N4O/c1-2-7-8-9-10-11(7)3-5(1)6-4-12-6/h1-3,6H,4H2/t6-/m1/s1. The first kappa shape index (κ1) is 6.07. The van der Waals surface area contributed by atoms with Crippen molar-refractivity contribution < 1.29 is 4.74 Å². The molecule has 3 heterocycles. The van der Waals surface area contributed by atoms with Crippen LogP contribution in [0.5, 0.6) is 0 Å². The average molecular weight is 162 g/mol. The van der Waals surface area contributed by atoms with Gasteiger partial charge in [-0.05, 0) is 16.5 Å². The molecule has 0 aromatic carbocycles. The summed E-state index contributed by atoms with van der Waals surface area (Å²) >= 11 is 0. The SMILES string of the molecule is c1cc2nnnn2cc1[C@H]1CO1. The van der Waals surface area contributed by atoms with E-state index in [-0.39, 0.29) is 6.10 Å². The third-order valence-corrected chi connectivity index (χ3v) is 1.92. The Morgan fingerprint density at radius 3 is 3.25 bits per heavy atom. The Bertz CT molecular complexity index is 420. The number of tetrazole rings is 1. The van der Waals surface area contributed by atoms with Gasteiger partial charge >= 0.3 is 0 Å². The zero-order chi connectivity index (χ0) is 7.97. The predicted octanol–water partition coefficient (Wildman–Crippen LogP) is 0.196. The van der Waals surface area contributed by atoms with Crippen LogP contribution in [0.15, 0.2) is 18.3 Å². The summed E-state index contributed by atoms with van der Waals surface area (Å²) in [6.45, 7) is 0.813.